The van der Waals surface area contributed by atoms with Gasteiger partial charge in [-0.25, -0.2) is 0 Å². The van der Waals surface area contributed by atoms with E-state index in [-0.39, 0.29) is 11.7 Å². The Morgan fingerprint density at radius 1 is 1.45 bits per heavy atom. The number of aromatic amines is 1. The Labute approximate surface area is 129 Å². The van der Waals surface area contributed by atoms with E-state index in [1.165, 1.54) is 0 Å². The molecule has 0 saturated carbocycles. The van der Waals surface area contributed by atoms with Crippen molar-refractivity contribution in [1.29, 1.82) is 0 Å². The van der Waals surface area contributed by atoms with Crippen LogP contribution in [0.15, 0.2) is 27.4 Å². The topological polar surface area (TPSA) is 69.5 Å². The molecule has 118 valence electrons. The van der Waals surface area contributed by atoms with E-state index in [1.807, 2.05) is 32.0 Å². The largest absolute Gasteiger partial charge is 0.460 e. The van der Waals surface area contributed by atoms with Crippen molar-refractivity contribution in [2.45, 2.75) is 39.3 Å². The molecule has 1 saturated heterocycles. The van der Waals surface area contributed by atoms with Gasteiger partial charge in [-0.1, -0.05) is 6.92 Å². The third kappa shape index (κ3) is 3.00. The number of nitrogens with zero attached hydrogens (tertiary/aromatic N) is 1. The Balaban J connectivity index is 1.83. The van der Waals surface area contributed by atoms with Gasteiger partial charge in [0, 0.05) is 29.9 Å². The maximum atomic E-state index is 11.8. The zero-order valence-electron chi connectivity index (χ0n) is 13.1. The number of aryl methyl sites for hydroxylation is 2. The molecule has 2 aromatic heterocycles. The lowest BCUT2D eigenvalue weighted by molar-refractivity contribution is 0.172. The van der Waals surface area contributed by atoms with E-state index < -0.39 is 0 Å². The normalized spacial score (nSPS) is 19.0. The first kappa shape index (κ1) is 15.1. The monoisotopic (exact) mass is 302 g/mol. The Hall–Kier alpha value is -1.85. The van der Waals surface area contributed by atoms with Gasteiger partial charge in [-0.3, -0.25) is 9.69 Å². The summed E-state index contributed by atoms with van der Waals surface area (Å²) in [6.45, 7) is 6.16. The zero-order valence-corrected chi connectivity index (χ0v) is 13.1. The molecule has 1 aliphatic heterocycles. The van der Waals surface area contributed by atoms with Gasteiger partial charge in [0.15, 0.2) is 0 Å². The van der Waals surface area contributed by atoms with Crippen LogP contribution in [0, 0.1) is 6.92 Å². The van der Waals surface area contributed by atoms with Crippen LogP contribution in [-0.2, 0) is 13.0 Å². The molecule has 0 radical (unpaired) electrons. The fourth-order valence-corrected chi connectivity index (χ4v) is 2.97. The van der Waals surface area contributed by atoms with Crippen molar-refractivity contribution in [2.75, 3.05) is 13.1 Å². The van der Waals surface area contributed by atoms with Crippen molar-refractivity contribution in [3.63, 3.8) is 0 Å². The van der Waals surface area contributed by atoms with Crippen molar-refractivity contribution in [1.82, 2.24) is 9.88 Å². The Morgan fingerprint density at radius 3 is 2.95 bits per heavy atom. The van der Waals surface area contributed by atoms with Crippen molar-refractivity contribution in [3.8, 4) is 11.3 Å². The summed E-state index contributed by atoms with van der Waals surface area (Å²) in [6, 6.07) is 5.83. The smallest absolute Gasteiger partial charge is 0.251 e. The fraction of sp³-hybridized carbons (Fsp3) is 0.471. The Kier molecular flexibility index (Phi) is 4.18. The third-order valence-corrected chi connectivity index (χ3v) is 4.25. The lowest BCUT2D eigenvalue weighted by Gasteiger charge is -2.12. The molecule has 1 fully saturated rings. The van der Waals surface area contributed by atoms with Crippen LogP contribution >= 0.6 is 0 Å². The summed E-state index contributed by atoms with van der Waals surface area (Å²) in [7, 11) is 0. The second-order valence-corrected chi connectivity index (χ2v) is 5.96. The molecule has 5 nitrogen and oxygen atoms in total. The molecule has 1 atom stereocenters. The average Bonchev–Trinajstić information content (AvgIpc) is 3.09. The summed E-state index contributed by atoms with van der Waals surface area (Å²) in [6.07, 6.45) is 1.30. The number of nitrogens with one attached hydrogen (secondary N) is 1. The number of aromatic nitrogens is 1. The van der Waals surface area contributed by atoms with Crippen LogP contribution in [0.3, 0.4) is 0 Å². The highest BCUT2D eigenvalue weighted by Gasteiger charge is 2.21. The molecule has 0 spiro atoms. The minimum absolute atomic E-state index is 0.0263. The van der Waals surface area contributed by atoms with Crippen LogP contribution in [-0.4, -0.2) is 34.2 Å². The summed E-state index contributed by atoms with van der Waals surface area (Å²) in [4.78, 5) is 16.9. The first-order valence-electron chi connectivity index (χ1n) is 7.79. The molecule has 0 bridgehead atoms. The molecule has 1 unspecified atom stereocenters. The lowest BCUT2D eigenvalue weighted by atomic mass is 10.1. The van der Waals surface area contributed by atoms with Crippen molar-refractivity contribution in [3.05, 3.63) is 45.6 Å². The quantitative estimate of drug-likeness (QED) is 0.907. The van der Waals surface area contributed by atoms with Gasteiger partial charge in [-0.15, -0.1) is 0 Å². The van der Waals surface area contributed by atoms with Gasteiger partial charge in [0.1, 0.15) is 11.5 Å². The van der Waals surface area contributed by atoms with Gasteiger partial charge in [0.05, 0.1) is 12.6 Å². The van der Waals surface area contributed by atoms with Gasteiger partial charge in [0.2, 0.25) is 0 Å². The van der Waals surface area contributed by atoms with Gasteiger partial charge in [-0.05, 0) is 38.0 Å². The zero-order chi connectivity index (χ0) is 15.7. The average molecular weight is 302 g/mol. The molecule has 0 aromatic carbocycles. The molecular formula is C17H22N2O3. The standard InChI is InChI=1S/C17H22N2O3/c1-3-12-8-15(11(2)18-17(12)21)16-5-4-14(22-16)10-19-7-6-13(20)9-19/h4-5,8,13,20H,3,6-7,9-10H2,1-2H3,(H,18,21). The van der Waals surface area contributed by atoms with Crippen LogP contribution in [0.5, 0.6) is 0 Å². The van der Waals surface area contributed by atoms with E-state index in [1.54, 1.807) is 0 Å². The van der Waals surface area contributed by atoms with Crippen molar-refractivity contribution < 1.29 is 9.52 Å². The van der Waals surface area contributed by atoms with Gasteiger partial charge >= 0.3 is 0 Å². The second-order valence-electron chi connectivity index (χ2n) is 5.96. The molecule has 22 heavy (non-hydrogen) atoms. The maximum absolute atomic E-state index is 11.8. The summed E-state index contributed by atoms with van der Waals surface area (Å²) in [5, 5.41) is 9.57. The number of likely N-dealkylation sites (tertiary alicyclic amines) is 1. The molecule has 5 heteroatoms. The molecule has 1 aliphatic rings. The number of rotatable bonds is 4. The minimum atomic E-state index is -0.219. The highest BCUT2D eigenvalue weighted by atomic mass is 16.3. The number of furan rings is 1. The Bertz CT molecular complexity index is 717. The fourth-order valence-electron chi connectivity index (χ4n) is 2.97. The van der Waals surface area contributed by atoms with Crippen LogP contribution in [0.4, 0.5) is 0 Å². The van der Waals surface area contributed by atoms with E-state index in [9.17, 15) is 9.90 Å². The number of hydrogen-bond acceptors (Lipinski definition) is 4. The molecule has 2 N–H and O–H groups in total. The highest BCUT2D eigenvalue weighted by molar-refractivity contribution is 5.61. The molecule has 3 rings (SSSR count). The first-order valence-corrected chi connectivity index (χ1v) is 7.79. The first-order chi connectivity index (χ1) is 10.6. The van der Waals surface area contributed by atoms with Gasteiger partial charge in [-0.2, -0.15) is 0 Å². The lowest BCUT2D eigenvalue weighted by Crippen LogP contribution is -2.21. The van der Waals surface area contributed by atoms with Crippen LogP contribution < -0.4 is 5.56 Å². The number of β-amino-alcohol motifs (C(OH)–C–C–N with tert-alkyl or cyclic N) is 1. The Morgan fingerprint density at radius 2 is 2.27 bits per heavy atom. The summed E-state index contributed by atoms with van der Waals surface area (Å²) in [5.41, 5.74) is 2.49. The third-order valence-electron chi connectivity index (χ3n) is 4.25. The number of aliphatic hydroxyl groups excluding tert-OH is 1. The summed E-state index contributed by atoms with van der Waals surface area (Å²) in [5.74, 6) is 1.66. The SMILES string of the molecule is CCc1cc(-c2ccc(CN3CCC(O)C3)o2)c(C)[nH]c1=O. The van der Waals surface area contributed by atoms with E-state index in [0.717, 1.165) is 41.3 Å². The van der Waals surface area contributed by atoms with E-state index in [0.29, 0.717) is 19.5 Å². The van der Waals surface area contributed by atoms with Crippen LogP contribution in [0.25, 0.3) is 11.3 Å². The number of H-pyrrole nitrogens is 1. The predicted octanol–water partition coefficient (Wildman–Crippen LogP) is 2.07. The minimum Gasteiger partial charge on any atom is -0.460 e. The van der Waals surface area contributed by atoms with Crippen LogP contribution in [0.1, 0.15) is 30.4 Å². The molecule has 0 aliphatic carbocycles. The highest BCUT2D eigenvalue weighted by Crippen LogP contribution is 2.26. The number of pyridine rings is 1. The van der Waals surface area contributed by atoms with Crippen molar-refractivity contribution in [2.24, 2.45) is 0 Å². The van der Waals surface area contributed by atoms with Gasteiger partial charge in [0.25, 0.3) is 5.56 Å². The second kappa shape index (κ2) is 6.10. The molecule has 0 amide bonds. The van der Waals surface area contributed by atoms with E-state index >= 15 is 0 Å². The molecular weight excluding hydrogens is 280 g/mol. The van der Waals surface area contributed by atoms with E-state index in [4.69, 9.17) is 4.42 Å². The predicted molar refractivity (Wildman–Crippen MR) is 84.8 cm³/mol. The van der Waals surface area contributed by atoms with Crippen molar-refractivity contribution >= 4 is 0 Å². The molecule has 2 aromatic rings. The number of aliphatic hydroxyl groups is 1. The maximum Gasteiger partial charge on any atom is 0.251 e. The molecule has 3 heterocycles. The summed E-state index contributed by atoms with van der Waals surface area (Å²) >= 11 is 0. The summed E-state index contributed by atoms with van der Waals surface area (Å²) < 4.78 is 5.94. The van der Waals surface area contributed by atoms with E-state index in [2.05, 4.69) is 9.88 Å². The van der Waals surface area contributed by atoms with Crippen LogP contribution in [0.2, 0.25) is 0 Å². The van der Waals surface area contributed by atoms with Gasteiger partial charge < -0.3 is 14.5 Å². The number of hydrogen-bond donors (Lipinski definition) is 2.